The van der Waals surface area contributed by atoms with Crippen LogP contribution in [0.5, 0.6) is 0 Å². The van der Waals surface area contributed by atoms with Crippen LogP contribution < -0.4 is 10.6 Å². The Morgan fingerprint density at radius 3 is 2.51 bits per heavy atom. The van der Waals surface area contributed by atoms with Gasteiger partial charge in [0.05, 0.1) is 6.61 Å². The summed E-state index contributed by atoms with van der Waals surface area (Å²) in [5, 5.41) is 6.09. The molecule has 2 fully saturated rings. The molecule has 1 aliphatic heterocycles. The molecule has 1 aromatic rings. The van der Waals surface area contributed by atoms with Gasteiger partial charge in [-0.25, -0.2) is 4.79 Å². The van der Waals surface area contributed by atoms with Gasteiger partial charge in [-0.15, -0.1) is 0 Å². The summed E-state index contributed by atoms with van der Waals surface area (Å²) >= 11 is 0. The van der Waals surface area contributed by atoms with Gasteiger partial charge in [0.15, 0.2) is 0 Å². The molecule has 196 valence electrons. The number of likely N-dealkylation sites (tertiary alicyclic amines) is 1. The van der Waals surface area contributed by atoms with Crippen molar-refractivity contribution in [2.24, 2.45) is 11.8 Å². The van der Waals surface area contributed by atoms with Crippen molar-refractivity contribution in [3.63, 3.8) is 0 Å². The molecule has 2 amide bonds. The zero-order valence-corrected chi connectivity index (χ0v) is 22.1. The molecule has 3 unspecified atom stereocenters. The van der Waals surface area contributed by atoms with E-state index in [0.29, 0.717) is 23.9 Å². The molecule has 0 radical (unpaired) electrons. The Kier molecular flexibility index (Phi) is 10.4. The van der Waals surface area contributed by atoms with E-state index in [-0.39, 0.29) is 11.9 Å². The zero-order valence-electron chi connectivity index (χ0n) is 22.1. The molecule has 3 atom stereocenters. The average Bonchev–Trinajstić information content (AvgIpc) is 2.82. The summed E-state index contributed by atoms with van der Waals surface area (Å²) < 4.78 is 10.9. The van der Waals surface area contributed by atoms with Crippen molar-refractivity contribution in [1.82, 2.24) is 15.5 Å². The summed E-state index contributed by atoms with van der Waals surface area (Å²) in [7, 11) is 0. The molecule has 1 heterocycles. The summed E-state index contributed by atoms with van der Waals surface area (Å²) in [5.41, 5.74) is 1.06. The summed E-state index contributed by atoms with van der Waals surface area (Å²) in [4.78, 5) is 27.5. The second-order valence-corrected chi connectivity index (χ2v) is 11.1. The topological polar surface area (TPSA) is 79.9 Å². The van der Waals surface area contributed by atoms with Crippen LogP contribution in [-0.2, 0) is 16.0 Å². The third-order valence-corrected chi connectivity index (χ3v) is 6.93. The van der Waals surface area contributed by atoms with Crippen LogP contribution in [-0.4, -0.2) is 61.4 Å². The number of rotatable bonds is 9. The Morgan fingerprint density at radius 2 is 1.80 bits per heavy atom. The first-order valence-corrected chi connectivity index (χ1v) is 13.4. The first-order valence-electron chi connectivity index (χ1n) is 13.4. The van der Waals surface area contributed by atoms with E-state index in [9.17, 15) is 9.59 Å². The highest BCUT2D eigenvalue weighted by Gasteiger charge is 2.30. The normalized spacial score (nSPS) is 23.5. The van der Waals surface area contributed by atoms with Gasteiger partial charge in [0.1, 0.15) is 5.60 Å². The van der Waals surface area contributed by atoms with Gasteiger partial charge in [-0.05, 0) is 89.5 Å². The van der Waals surface area contributed by atoms with E-state index >= 15 is 0 Å². The highest BCUT2D eigenvalue weighted by atomic mass is 16.6. The van der Waals surface area contributed by atoms with Crippen molar-refractivity contribution < 1.29 is 19.1 Å². The minimum atomic E-state index is -0.526. The molecule has 0 spiro atoms. The molecule has 1 aliphatic carbocycles. The summed E-state index contributed by atoms with van der Waals surface area (Å²) in [5.74, 6) is 1.11. The number of nitrogens with one attached hydrogen (secondary N) is 2. The number of carbonyl (C=O) groups is 2. The van der Waals surface area contributed by atoms with Gasteiger partial charge in [0.25, 0.3) is 5.91 Å². The van der Waals surface area contributed by atoms with Crippen molar-refractivity contribution in [1.29, 1.82) is 0 Å². The predicted molar refractivity (Wildman–Crippen MR) is 138 cm³/mol. The van der Waals surface area contributed by atoms with Gasteiger partial charge >= 0.3 is 6.09 Å². The van der Waals surface area contributed by atoms with Crippen LogP contribution in [0.25, 0.3) is 0 Å². The lowest BCUT2D eigenvalue weighted by atomic mass is 9.83. The second kappa shape index (κ2) is 13.3. The molecule has 7 heteroatoms. The monoisotopic (exact) mass is 487 g/mol. The average molecular weight is 488 g/mol. The summed E-state index contributed by atoms with van der Waals surface area (Å²) in [6, 6.07) is 7.66. The molecule has 1 saturated carbocycles. The maximum atomic E-state index is 13.0. The molecule has 35 heavy (non-hydrogen) atoms. The molecule has 7 nitrogen and oxygen atoms in total. The SMILES string of the molecule is CCOCC1CCCN(CC2CCCCC2NC(=O)c2ccc(CNC(=O)OC(C)(C)C)cc2)C1. The molecule has 1 aromatic carbocycles. The van der Waals surface area contributed by atoms with Crippen molar-refractivity contribution in [2.45, 2.75) is 84.4 Å². The van der Waals surface area contributed by atoms with Crippen molar-refractivity contribution in [3.05, 3.63) is 35.4 Å². The van der Waals surface area contributed by atoms with Crippen molar-refractivity contribution in [2.75, 3.05) is 32.8 Å². The molecule has 1 saturated heterocycles. The Labute approximate surface area is 211 Å². The highest BCUT2D eigenvalue weighted by Crippen LogP contribution is 2.27. The third-order valence-electron chi connectivity index (χ3n) is 6.93. The Morgan fingerprint density at radius 1 is 1.06 bits per heavy atom. The molecular weight excluding hydrogens is 442 g/mol. The van der Waals surface area contributed by atoms with E-state index < -0.39 is 11.7 Å². The molecule has 0 bridgehead atoms. The lowest BCUT2D eigenvalue weighted by Gasteiger charge is -2.39. The number of hydrogen-bond donors (Lipinski definition) is 2. The fourth-order valence-corrected chi connectivity index (χ4v) is 5.20. The number of nitrogens with zero attached hydrogens (tertiary/aromatic N) is 1. The van der Waals surface area contributed by atoms with Crippen LogP contribution in [0.15, 0.2) is 24.3 Å². The van der Waals surface area contributed by atoms with Crippen LogP contribution in [0.2, 0.25) is 0 Å². The van der Waals surface area contributed by atoms with Crippen LogP contribution >= 0.6 is 0 Å². The molecule has 2 aliphatic rings. The van der Waals surface area contributed by atoms with Crippen LogP contribution in [0.1, 0.15) is 82.1 Å². The van der Waals surface area contributed by atoms with E-state index in [0.717, 1.165) is 44.8 Å². The number of benzene rings is 1. The standard InChI is InChI=1S/C28H45N3O4/c1-5-34-20-22-9-8-16-31(18-22)19-24-10-6-7-11-25(24)30-26(32)23-14-12-21(13-15-23)17-29-27(33)35-28(2,3)4/h12-15,22,24-25H,5-11,16-20H2,1-4H3,(H,29,33)(H,30,32). The highest BCUT2D eigenvalue weighted by molar-refractivity contribution is 5.94. The maximum Gasteiger partial charge on any atom is 0.407 e. The first kappa shape index (κ1) is 27.5. The fraction of sp³-hybridized carbons (Fsp3) is 0.714. The number of carbonyl (C=O) groups excluding carboxylic acids is 2. The van der Waals surface area contributed by atoms with Gasteiger partial charge < -0.3 is 25.0 Å². The third kappa shape index (κ3) is 9.45. The van der Waals surface area contributed by atoms with E-state index in [4.69, 9.17) is 9.47 Å². The Bertz CT molecular complexity index is 805. The van der Waals surface area contributed by atoms with Crippen LogP contribution in [0.4, 0.5) is 4.79 Å². The number of ether oxygens (including phenoxy) is 2. The van der Waals surface area contributed by atoms with E-state index in [1.807, 2.05) is 45.0 Å². The lowest BCUT2D eigenvalue weighted by Crippen LogP contribution is -2.48. The Balaban J connectivity index is 1.49. The maximum absolute atomic E-state index is 13.0. The molecule has 3 rings (SSSR count). The molecule has 0 aromatic heterocycles. The van der Waals surface area contributed by atoms with Crippen LogP contribution in [0.3, 0.4) is 0 Å². The van der Waals surface area contributed by atoms with Gasteiger partial charge in [0.2, 0.25) is 0 Å². The molecule has 2 N–H and O–H groups in total. The van der Waals surface area contributed by atoms with Gasteiger partial charge in [0, 0.05) is 37.8 Å². The number of alkyl carbamates (subject to hydrolysis) is 1. The lowest BCUT2D eigenvalue weighted by molar-refractivity contribution is 0.0522. The van der Waals surface area contributed by atoms with E-state index in [1.165, 1.54) is 32.1 Å². The molecular formula is C28H45N3O4. The summed E-state index contributed by atoms with van der Waals surface area (Å²) in [6.07, 6.45) is 6.68. The van der Waals surface area contributed by atoms with Crippen LogP contribution in [0, 0.1) is 11.8 Å². The zero-order chi connectivity index (χ0) is 25.3. The second-order valence-electron chi connectivity index (χ2n) is 11.1. The van der Waals surface area contributed by atoms with Crippen molar-refractivity contribution in [3.8, 4) is 0 Å². The smallest absolute Gasteiger partial charge is 0.407 e. The minimum Gasteiger partial charge on any atom is -0.444 e. The largest absolute Gasteiger partial charge is 0.444 e. The predicted octanol–water partition coefficient (Wildman–Crippen LogP) is 4.75. The fourth-order valence-electron chi connectivity index (χ4n) is 5.20. The van der Waals surface area contributed by atoms with E-state index in [1.54, 1.807) is 0 Å². The van der Waals surface area contributed by atoms with Gasteiger partial charge in [-0.3, -0.25) is 4.79 Å². The number of amides is 2. The Hall–Kier alpha value is -2.12. The number of hydrogen-bond acceptors (Lipinski definition) is 5. The minimum absolute atomic E-state index is 0.0126. The van der Waals surface area contributed by atoms with E-state index in [2.05, 4.69) is 22.5 Å². The van der Waals surface area contributed by atoms with Gasteiger partial charge in [-0.2, -0.15) is 0 Å². The van der Waals surface area contributed by atoms with Gasteiger partial charge in [-0.1, -0.05) is 25.0 Å². The summed E-state index contributed by atoms with van der Waals surface area (Å²) in [6.45, 7) is 12.9. The number of piperidine rings is 1. The quantitative estimate of drug-likeness (QED) is 0.526. The van der Waals surface area contributed by atoms with Crippen molar-refractivity contribution >= 4 is 12.0 Å². The first-order chi connectivity index (χ1) is 16.7.